The second-order valence-electron chi connectivity index (χ2n) is 5.17. The van der Waals surface area contributed by atoms with Crippen molar-refractivity contribution >= 4 is 5.91 Å². The van der Waals surface area contributed by atoms with Crippen molar-refractivity contribution in [1.82, 2.24) is 5.32 Å². The smallest absolute Gasteiger partial charge is 0.220 e. The summed E-state index contributed by atoms with van der Waals surface area (Å²) >= 11 is 0. The van der Waals surface area contributed by atoms with E-state index in [1.165, 1.54) is 12.1 Å². The minimum Gasteiger partial charge on any atom is -0.353 e. The largest absolute Gasteiger partial charge is 0.353 e. The minimum absolute atomic E-state index is 0.0493. The van der Waals surface area contributed by atoms with Gasteiger partial charge in [-0.15, -0.1) is 0 Å². The number of carbonyl (C=O) groups is 1. The fourth-order valence-electron chi connectivity index (χ4n) is 1.96. The van der Waals surface area contributed by atoms with Crippen LogP contribution in [-0.2, 0) is 11.2 Å². The first-order valence-electron chi connectivity index (χ1n) is 6.76. The van der Waals surface area contributed by atoms with Crippen LogP contribution in [-0.4, -0.2) is 18.0 Å². The van der Waals surface area contributed by atoms with E-state index in [0.29, 0.717) is 12.8 Å². The van der Waals surface area contributed by atoms with Gasteiger partial charge >= 0.3 is 0 Å². The number of benzene rings is 1. The molecule has 0 aliphatic carbocycles. The summed E-state index contributed by atoms with van der Waals surface area (Å²) in [6.07, 6.45) is 2.89. The van der Waals surface area contributed by atoms with Crippen molar-refractivity contribution in [2.45, 2.75) is 51.6 Å². The van der Waals surface area contributed by atoms with Crippen LogP contribution < -0.4 is 11.1 Å². The second kappa shape index (κ2) is 7.89. The van der Waals surface area contributed by atoms with E-state index in [0.717, 1.165) is 18.4 Å². The van der Waals surface area contributed by atoms with Crippen LogP contribution in [0.4, 0.5) is 4.39 Å². The molecule has 0 bridgehead atoms. The molecule has 4 heteroatoms. The molecule has 1 aromatic carbocycles. The van der Waals surface area contributed by atoms with Crippen LogP contribution in [0.15, 0.2) is 24.3 Å². The Hall–Kier alpha value is -1.42. The maximum Gasteiger partial charge on any atom is 0.220 e. The normalized spacial score (nSPS) is 13.9. The Morgan fingerprint density at radius 3 is 2.53 bits per heavy atom. The Balaban J connectivity index is 2.28. The van der Waals surface area contributed by atoms with Crippen molar-refractivity contribution in [1.29, 1.82) is 0 Å². The van der Waals surface area contributed by atoms with Crippen molar-refractivity contribution in [2.75, 3.05) is 0 Å². The molecule has 1 amide bonds. The van der Waals surface area contributed by atoms with Gasteiger partial charge in [-0.3, -0.25) is 4.79 Å². The number of amides is 1. The third-order valence-corrected chi connectivity index (χ3v) is 2.93. The predicted octanol–water partition coefficient (Wildman–Crippen LogP) is 2.39. The molecule has 19 heavy (non-hydrogen) atoms. The fraction of sp³-hybridized carbons (Fsp3) is 0.533. The summed E-state index contributed by atoms with van der Waals surface area (Å²) in [7, 11) is 0. The van der Waals surface area contributed by atoms with E-state index in [4.69, 9.17) is 5.73 Å². The number of nitrogens with one attached hydrogen (secondary N) is 1. The van der Waals surface area contributed by atoms with E-state index in [-0.39, 0.29) is 23.8 Å². The molecule has 2 unspecified atom stereocenters. The average Bonchev–Trinajstić information content (AvgIpc) is 2.31. The monoisotopic (exact) mass is 266 g/mol. The lowest BCUT2D eigenvalue weighted by Crippen LogP contribution is -2.34. The highest BCUT2D eigenvalue weighted by Gasteiger charge is 2.08. The molecule has 0 aliphatic rings. The van der Waals surface area contributed by atoms with Crippen molar-refractivity contribution in [3.05, 3.63) is 35.6 Å². The summed E-state index contributed by atoms with van der Waals surface area (Å²) in [5.74, 6) is -0.188. The topological polar surface area (TPSA) is 55.1 Å². The lowest BCUT2D eigenvalue weighted by molar-refractivity contribution is -0.121. The quantitative estimate of drug-likeness (QED) is 0.796. The number of carbonyl (C=O) groups excluding carboxylic acids is 1. The van der Waals surface area contributed by atoms with Crippen LogP contribution in [0.5, 0.6) is 0 Å². The van der Waals surface area contributed by atoms with Crippen LogP contribution >= 0.6 is 0 Å². The van der Waals surface area contributed by atoms with Crippen LogP contribution in [0.2, 0.25) is 0 Å². The molecule has 1 aromatic rings. The standard InChI is InChI=1S/C15H23FN2O/c1-11(17)4-3-5-15(19)18-12(2)10-13-6-8-14(16)9-7-13/h6-9,11-12H,3-5,10,17H2,1-2H3,(H,18,19). The molecule has 0 aliphatic heterocycles. The average molecular weight is 266 g/mol. The summed E-state index contributed by atoms with van der Waals surface area (Å²) in [5.41, 5.74) is 6.65. The Morgan fingerprint density at radius 2 is 1.95 bits per heavy atom. The molecule has 0 radical (unpaired) electrons. The summed E-state index contributed by atoms with van der Waals surface area (Å²) in [4.78, 5) is 11.7. The summed E-state index contributed by atoms with van der Waals surface area (Å²) in [5, 5.41) is 2.94. The highest BCUT2D eigenvalue weighted by molar-refractivity contribution is 5.76. The van der Waals surface area contributed by atoms with Gasteiger partial charge in [0.05, 0.1) is 0 Å². The molecule has 106 valence electrons. The molecular weight excluding hydrogens is 243 g/mol. The third-order valence-electron chi connectivity index (χ3n) is 2.93. The van der Waals surface area contributed by atoms with Crippen molar-refractivity contribution < 1.29 is 9.18 Å². The van der Waals surface area contributed by atoms with Crippen molar-refractivity contribution in [3.8, 4) is 0 Å². The Bertz CT molecular complexity index is 390. The molecule has 3 N–H and O–H groups in total. The number of hydrogen-bond acceptors (Lipinski definition) is 2. The fourth-order valence-corrected chi connectivity index (χ4v) is 1.96. The first-order chi connectivity index (χ1) is 8.97. The zero-order valence-corrected chi connectivity index (χ0v) is 11.7. The van der Waals surface area contributed by atoms with Gasteiger partial charge in [-0.1, -0.05) is 12.1 Å². The maximum absolute atomic E-state index is 12.8. The van der Waals surface area contributed by atoms with Gasteiger partial charge in [0.2, 0.25) is 5.91 Å². The minimum atomic E-state index is -0.239. The SMILES string of the molecule is CC(N)CCCC(=O)NC(C)Cc1ccc(F)cc1. The summed E-state index contributed by atoms with van der Waals surface area (Å²) < 4.78 is 12.8. The van der Waals surface area contributed by atoms with E-state index in [2.05, 4.69) is 5.32 Å². The Morgan fingerprint density at radius 1 is 1.32 bits per heavy atom. The summed E-state index contributed by atoms with van der Waals surface area (Å²) in [6, 6.07) is 6.55. The van der Waals surface area contributed by atoms with Crippen LogP contribution in [0.3, 0.4) is 0 Å². The molecule has 0 saturated carbocycles. The van der Waals surface area contributed by atoms with Gasteiger partial charge in [-0.25, -0.2) is 4.39 Å². The third kappa shape index (κ3) is 6.91. The molecule has 0 spiro atoms. The molecular formula is C15H23FN2O. The highest BCUT2D eigenvalue weighted by Crippen LogP contribution is 2.06. The zero-order valence-electron chi connectivity index (χ0n) is 11.7. The first kappa shape index (κ1) is 15.6. The van der Waals surface area contributed by atoms with E-state index in [1.807, 2.05) is 13.8 Å². The molecule has 0 fully saturated rings. The van der Waals surface area contributed by atoms with Crippen LogP contribution in [0.25, 0.3) is 0 Å². The predicted molar refractivity (Wildman–Crippen MR) is 75.2 cm³/mol. The molecule has 0 aromatic heterocycles. The van der Waals surface area contributed by atoms with Gasteiger partial charge in [0.25, 0.3) is 0 Å². The van der Waals surface area contributed by atoms with E-state index in [1.54, 1.807) is 12.1 Å². The van der Waals surface area contributed by atoms with E-state index < -0.39 is 0 Å². The molecule has 0 heterocycles. The van der Waals surface area contributed by atoms with E-state index >= 15 is 0 Å². The summed E-state index contributed by atoms with van der Waals surface area (Å²) in [6.45, 7) is 3.89. The van der Waals surface area contributed by atoms with Crippen LogP contribution in [0.1, 0.15) is 38.7 Å². The Kier molecular flexibility index (Phi) is 6.50. The molecule has 1 rings (SSSR count). The number of rotatable bonds is 7. The van der Waals surface area contributed by atoms with Crippen LogP contribution in [0, 0.1) is 5.82 Å². The Labute approximate surface area is 114 Å². The van der Waals surface area contributed by atoms with Gasteiger partial charge in [0.15, 0.2) is 0 Å². The van der Waals surface area contributed by atoms with Gasteiger partial charge in [-0.05, 0) is 50.8 Å². The molecule has 3 nitrogen and oxygen atoms in total. The zero-order chi connectivity index (χ0) is 14.3. The van der Waals surface area contributed by atoms with Gasteiger partial charge < -0.3 is 11.1 Å². The highest BCUT2D eigenvalue weighted by atomic mass is 19.1. The number of nitrogens with two attached hydrogens (primary N) is 1. The number of halogens is 1. The van der Waals surface area contributed by atoms with Gasteiger partial charge in [0.1, 0.15) is 5.82 Å². The van der Waals surface area contributed by atoms with E-state index in [9.17, 15) is 9.18 Å². The number of hydrogen-bond donors (Lipinski definition) is 2. The van der Waals surface area contributed by atoms with Crippen molar-refractivity contribution in [2.24, 2.45) is 5.73 Å². The van der Waals surface area contributed by atoms with Gasteiger partial charge in [-0.2, -0.15) is 0 Å². The second-order valence-corrected chi connectivity index (χ2v) is 5.17. The van der Waals surface area contributed by atoms with Gasteiger partial charge in [0, 0.05) is 18.5 Å². The molecule has 0 saturated heterocycles. The van der Waals surface area contributed by atoms with Crippen molar-refractivity contribution in [3.63, 3.8) is 0 Å². The maximum atomic E-state index is 12.8. The lowest BCUT2D eigenvalue weighted by atomic mass is 10.1. The molecule has 2 atom stereocenters. The lowest BCUT2D eigenvalue weighted by Gasteiger charge is -2.14. The first-order valence-corrected chi connectivity index (χ1v) is 6.76.